The Labute approximate surface area is 133 Å². The molecule has 0 heterocycles. The molecule has 0 saturated heterocycles. The molecule has 22 heavy (non-hydrogen) atoms. The summed E-state index contributed by atoms with van der Waals surface area (Å²) in [5.41, 5.74) is 1.11. The Hall–Kier alpha value is -1.71. The number of hydrogen-bond acceptors (Lipinski definition) is 2. The van der Waals surface area contributed by atoms with Gasteiger partial charge < -0.3 is 15.0 Å². The average Bonchev–Trinajstić information content (AvgIpc) is 2.51. The molecule has 1 aromatic carbocycles. The van der Waals surface area contributed by atoms with Crippen LogP contribution in [0.2, 0.25) is 0 Å². The van der Waals surface area contributed by atoms with E-state index in [9.17, 15) is 4.79 Å². The highest BCUT2D eigenvalue weighted by molar-refractivity contribution is 5.74. The number of carbonyl (C=O) groups is 1. The van der Waals surface area contributed by atoms with Gasteiger partial charge in [-0.3, -0.25) is 0 Å². The summed E-state index contributed by atoms with van der Waals surface area (Å²) in [4.78, 5) is 14.0. The van der Waals surface area contributed by atoms with Crippen molar-refractivity contribution in [2.24, 2.45) is 5.92 Å². The summed E-state index contributed by atoms with van der Waals surface area (Å²) in [7, 11) is 1.84. The first kappa shape index (κ1) is 16.7. The first-order valence-corrected chi connectivity index (χ1v) is 8.32. The molecule has 4 nitrogen and oxygen atoms in total. The van der Waals surface area contributed by atoms with E-state index >= 15 is 0 Å². The molecule has 0 aliphatic heterocycles. The van der Waals surface area contributed by atoms with Gasteiger partial charge in [-0.05, 0) is 56.2 Å². The van der Waals surface area contributed by atoms with Gasteiger partial charge in [-0.25, -0.2) is 4.79 Å². The van der Waals surface area contributed by atoms with Crippen LogP contribution in [0, 0.1) is 5.92 Å². The van der Waals surface area contributed by atoms with Gasteiger partial charge in [-0.2, -0.15) is 0 Å². The van der Waals surface area contributed by atoms with Crippen LogP contribution in [0.15, 0.2) is 24.3 Å². The maximum Gasteiger partial charge on any atom is 0.317 e. The van der Waals surface area contributed by atoms with Crippen LogP contribution in [0.3, 0.4) is 0 Å². The number of nitrogens with zero attached hydrogens (tertiary/aromatic N) is 1. The molecule has 4 heteroatoms. The van der Waals surface area contributed by atoms with E-state index in [1.165, 1.54) is 12.8 Å². The smallest absolute Gasteiger partial charge is 0.317 e. The SMILES string of the molecule is CCOc1ccc(CN(C)C(=O)NC2CCC(C)CC2)cc1. The Balaban J connectivity index is 1.80. The summed E-state index contributed by atoms with van der Waals surface area (Å²) in [5.74, 6) is 1.67. The van der Waals surface area contributed by atoms with Crippen molar-refractivity contribution in [1.82, 2.24) is 10.2 Å². The number of benzene rings is 1. The van der Waals surface area contributed by atoms with E-state index in [2.05, 4.69) is 12.2 Å². The molecule has 1 fully saturated rings. The van der Waals surface area contributed by atoms with Crippen molar-refractivity contribution in [3.05, 3.63) is 29.8 Å². The van der Waals surface area contributed by atoms with Gasteiger partial charge in [0.1, 0.15) is 5.75 Å². The van der Waals surface area contributed by atoms with Gasteiger partial charge in [0.25, 0.3) is 0 Å². The van der Waals surface area contributed by atoms with Gasteiger partial charge in [0.05, 0.1) is 6.61 Å². The highest BCUT2D eigenvalue weighted by Crippen LogP contribution is 2.23. The number of amides is 2. The summed E-state index contributed by atoms with van der Waals surface area (Å²) in [6.07, 6.45) is 4.63. The van der Waals surface area contributed by atoms with Crippen molar-refractivity contribution in [2.45, 2.75) is 52.1 Å². The van der Waals surface area contributed by atoms with Crippen molar-refractivity contribution >= 4 is 6.03 Å². The molecule has 1 aliphatic carbocycles. The number of carbonyl (C=O) groups excluding carboxylic acids is 1. The van der Waals surface area contributed by atoms with Gasteiger partial charge in [0.2, 0.25) is 0 Å². The third kappa shape index (κ3) is 4.93. The van der Waals surface area contributed by atoms with E-state index in [-0.39, 0.29) is 6.03 Å². The molecule has 2 amide bonds. The third-order valence-electron chi connectivity index (χ3n) is 4.34. The summed E-state index contributed by atoms with van der Waals surface area (Å²) < 4.78 is 5.43. The third-order valence-corrected chi connectivity index (χ3v) is 4.34. The molecule has 0 radical (unpaired) electrons. The Morgan fingerprint density at radius 3 is 2.45 bits per heavy atom. The maximum absolute atomic E-state index is 12.3. The Morgan fingerprint density at radius 2 is 1.86 bits per heavy atom. The fraction of sp³-hybridized carbons (Fsp3) is 0.611. The molecule has 0 aromatic heterocycles. The van der Waals surface area contributed by atoms with Crippen molar-refractivity contribution in [2.75, 3.05) is 13.7 Å². The summed E-state index contributed by atoms with van der Waals surface area (Å²) in [5, 5.41) is 3.15. The average molecular weight is 304 g/mol. The predicted octanol–water partition coefficient (Wildman–Crippen LogP) is 3.81. The quantitative estimate of drug-likeness (QED) is 0.899. The normalized spacial score (nSPS) is 21.2. The summed E-state index contributed by atoms with van der Waals surface area (Å²) in [6.45, 7) is 5.54. The molecule has 1 saturated carbocycles. The fourth-order valence-electron chi connectivity index (χ4n) is 2.89. The van der Waals surface area contributed by atoms with Crippen molar-refractivity contribution in [3.63, 3.8) is 0 Å². The Kier molecular flexibility index (Phi) is 6.10. The molecular formula is C18H28N2O2. The zero-order chi connectivity index (χ0) is 15.9. The number of rotatable bonds is 5. The first-order valence-electron chi connectivity index (χ1n) is 8.32. The number of nitrogens with one attached hydrogen (secondary N) is 1. The monoisotopic (exact) mass is 304 g/mol. The molecule has 0 atom stereocenters. The summed E-state index contributed by atoms with van der Waals surface area (Å²) in [6, 6.07) is 8.29. The zero-order valence-electron chi connectivity index (χ0n) is 14.0. The van der Waals surface area contributed by atoms with E-state index < -0.39 is 0 Å². The van der Waals surface area contributed by atoms with Crippen LogP contribution >= 0.6 is 0 Å². The molecule has 0 spiro atoms. The Morgan fingerprint density at radius 1 is 1.23 bits per heavy atom. The van der Waals surface area contributed by atoms with E-state index in [0.717, 1.165) is 30.1 Å². The lowest BCUT2D eigenvalue weighted by Gasteiger charge is -2.29. The second-order valence-electron chi connectivity index (χ2n) is 6.34. The lowest BCUT2D eigenvalue weighted by atomic mass is 9.87. The molecule has 122 valence electrons. The topological polar surface area (TPSA) is 41.6 Å². The number of urea groups is 1. The van der Waals surface area contributed by atoms with Crippen LogP contribution in [0.5, 0.6) is 5.75 Å². The van der Waals surface area contributed by atoms with Crippen LogP contribution in [0.1, 0.15) is 45.1 Å². The summed E-state index contributed by atoms with van der Waals surface area (Å²) >= 11 is 0. The molecule has 1 aromatic rings. The van der Waals surface area contributed by atoms with E-state index in [1.807, 2.05) is 38.2 Å². The van der Waals surface area contributed by atoms with E-state index in [4.69, 9.17) is 4.74 Å². The van der Waals surface area contributed by atoms with Gasteiger partial charge in [0, 0.05) is 19.6 Å². The lowest BCUT2D eigenvalue weighted by Crippen LogP contribution is -2.44. The van der Waals surface area contributed by atoms with Crippen LogP contribution in [0.25, 0.3) is 0 Å². The van der Waals surface area contributed by atoms with Crippen molar-refractivity contribution in [1.29, 1.82) is 0 Å². The van der Waals surface area contributed by atoms with E-state index in [1.54, 1.807) is 4.90 Å². The van der Waals surface area contributed by atoms with Gasteiger partial charge in [-0.1, -0.05) is 19.1 Å². The largest absolute Gasteiger partial charge is 0.494 e. The predicted molar refractivity (Wildman–Crippen MR) is 89.0 cm³/mol. The minimum Gasteiger partial charge on any atom is -0.494 e. The lowest BCUT2D eigenvalue weighted by molar-refractivity contribution is 0.195. The minimum atomic E-state index is 0.0217. The first-order chi connectivity index (χ1) is 10.6. The number of hydrogen-bond donors (Lipinski definition) is 1. The van der Waals surface area contributed by atoms with E-state index in [0.29, 0.717) is 19.2 Å². The standard InChI is InChI=1S/C18H28N2O2/c1-4-22-17-11-7-15(8-12-17)13-20(3)18(21)19-16-9-5-14(2)6-10-16/h7-8,11-12,14,16H,4-6,9-10,13H2,1-3H3,(H,19,21). The highest BCUT2D eigenvalue weighted by Gasteiger charge is 2.21. The Bertz CT molecular complexity index is 464. The van der Waals surface area contributed by atoms with Crippen molar-refractivity contribution < 1.29 is 9.53 Å². The molecule has 1 N–H and O–H groups in total. The van der Waals surface area contributed by atoms with Gasteiger partial charge >= 0.3 is 6.03 Å². The second-order valence-corrected chi connectivity index (χ2v) is 6.34. The van der Waals surface area contributed by atoms with Gasteiger partial charge in [-0.15, -0.1) is 0 Å². The van der Waals surface area contributed by atoms with Crippen LogP contribution in [-0.4, -0.2) is 30.6 Å². The minimum absolute atomic E-state index is 0.0217. The fourth-order valence-corrected chi connectivity index (χ4v) is 2.89. The van der Waals surface area contributed by atoms with Gasteiger partial charge in [0.15, 0.2) is 0 Å². The van der Waals surface area contributed by atoms with Crippen LogP contribution in [-0.2, 0) is 6.54 Å². The maximum atomic E-state index is 12.3. The molecule has 0 unspecified atom stereocenters. The highest BCUT2D eigenvalue weighted by atomic mass is 16.5. The van der Waals surface area contributed by atoms with Crippen LogP contribution < -0.4 is 10.1 Å². The second kappa shape index (κ2) is 8.06. The molecule has 2 rings (SSSR count). The zero-order valence-corrected chi connectivity index (χ0v) is 14.0. The van der Waals surface area contributed by atoms with Crippen molar-refractivity contribution in [3.8, 4) is 5.75 Å². The van der Waals surface area contributed by atoms with Crippen LogP contribution in [0.4, 0.5) is 4.79 Å². The molecule has 1 aliphatic rings. The molecule has 0 bridgehead atoms. The number of ether oxygens (including phenoxy) is 1. The molecular weight excluding hydrogens is 276 g/mol.